The molecule has 0 unspecified atom stereocenters. The summed E-state index contributed by atoms with van der Waals surface area (Å²) < 4.78 is 6.76. The first kappa shape index (κ1) is 14.1. The maximum atomic E-state index is 6.09. The van der Waals surface area contributed by atoms with E-state index < -0.39 is 0 Å². The second kappa shape index (κ2) is 5.56. The molecule has 89 valence electrons. The largest absolute Gasteiger partial charge is 0.492 e. The molecule has 0 bridgehead atoms. The maximum absolute atomic E-state index is 6.09. The number of hydrogen-bond acceptors (Lipinski definition) is 1. The minimum absolute atomic E-state index is 0.251. The minimum Gasteiger partial charge on any atom is -0.492 e. The summed E-state index contributed by atoms with van der Waals surface area (Å²) in [5.41, 5.74) is 0. The van der Waals surface area contributed by atoms with Crippen LogP contribution in [0, 0.1) is 0 Å². The van der Waals surface area contributed by atoms with Gasteiger partial charge in [-0.1, -0.05) is 54.5 Å². The number of hydrogen-bond donors (Lipinski definition) is 0. The van der Waals surface area contributed by atoms with Crippen LogP contribution in [0.1, 0.15) is 13.8 Å². The molecule has 1 nitrogen and oxygen atoms in total. The van der Waals surface area contributed by atoms with Crippen LogP contribution < -0.4 is 4.74 Å². The Bertz CT molecular complexity index is 366. The van der Waals surface area contributed by atoms with Crippen LogP contribution in [0.2, 0.25) is 23.2 Å². The molecule has 0 spiro atoms. The van der Waals surface area contributed by atoms with E-state index in [9.17, 15) is 0 Å². The van der Waals surface area contributed by atoms with Crippen molar-refractivity contribution in [3.05, 3.63) is 27.7 Å². The first-order valence-electron chi connectivity index (χ1n) is 5.21. The summed E-state index contributed by atoms with van der Waals surface area (Å²) in [4.78, 5) is 0. The molecule has 1 radical (unpaired) electrons. The Kier molecular flexibility index (Phi) is 4.89. The fourth-order valence-electron chi connectivity index (χ4n) is 0.995. The molecule has 0 fully saturated rings. The monoisotopic (exact) mass is 319 g/mol. The van der Waals surface area contributed by atoms with Gasteiger partial charge in [-0.15, -0.1) is 0 Å². The standard InChI is InChI=1S/C12H17BrClOSi/c1-12(2,16(3)4)8-15-11-6-5-9(13)7-10(11)14/h5-7H,8H2,1-4H3. The molecule has 1 aromatic carbocycles. The van der Waals surface area contributed by atoms with Gasteiger partial charge in [0.2, 0.25) is 0 Å². The van der Waals surface area contributed by atoms with E-state index in [0.29, 0.717) is 5.02 Å². The predicted molar refractivity (Wildman–Crippen MR) is 76.2 cm³/mol. The van der Waals surface area contributed by atoms with E-state index in [1.165, 1.54) is 0 Å². The summed E-state index contributed by atoms with van der Waals surface area (Å²) in [7, 11) is -0.378. The third-order valence-electron chi connectivity index (χ3n) is 2.84. The molecule has 0 aliphatic carbocycles. The van der Waals surface area contributed by atoms with Gasteiger partial charge in [0.05, 0.1) is 20.4 Å². The smallest absolute Gasteiger partial charge is 0.137 e. The number of halogens is 2. The van der Waals surface area contributed by atoms with Gasteiger partial charge in [0.15, 0.2) is 0 Å². The number of ether oxygens (including phenoxy) is 1. The first-order valence-corrected chi connectivity index (χ1v) is 8.88. The molecule has 4 heteroatoms. The highest BCUT2D eigenvalue weighted by Gasteiger charge is 2.24. The van der Waals surface area contributed by atoms with Crippen LogP contribution in [0.4, 0.5) is 0 Å². The van der Waals surface area contributed by atoms with Crippen molar-refractivity contribution >= 4 is 36.3 Å². The van der Waals surface area contributed by atoms with E-state index in [4.69, 9.17) is 16.3 Å². The fourth-order valence-corrected chi connectivity index (χ4v) is 2.08. The second-order valence-corrected chi connectivity index (χ2v) is 9.42. The van der Waals surface area contributed by atoms with Crippen LogP contribution in [0.25, 0.3) is 0 Å². The summed E-state index contributed by atoms with van der Waals surface area (Å²) in [5, 5.41) is 0.910. The van der Waals surface area contributed by atoms with E-state index in [0.717, 1.165) is 16.8 Å². The van der Waals surface area contributed by atoms with Crippen LogP contribution >= 0.6 is 27.5 Å². The zero-order valence-corrected chi connectivity index (χ0v) is 13.4. The van der Waals surface area contributed by atoms with Crippen LogP contribution in [-0.4, -0.2) is 15.4 Å². The Hall–Kier alpha value is 0.00688. The molecule has 0 aromatic heterocycles. The van der Waals surface area contributed by atoms with Crippen molar-refractivity contribution in [2.24, 2.45) is 0 Å². The topological polar surface area (TPSA) is 9.23 Å². The molecule has 0 heterocycles. The van der Waals surface area contributed by atoms with E-state index >= 15 is 0 Å². The predicted octanol–water partition coefficient (Wildman–Crippen LogP) is 5.02. The Labute approximate surface area is 113 Å². The molecular weight excluding hydrogens is 304 g/mol. The summed E-state index contributed by atoms with van der Waals surface area (Å²) in [6.07, 6.45) is 0. The Morgan fingerprint density at radius 1 is 1.38 bits per heavy atom. The third-order valence-corrected chi connectivity index (χ3v) is 6.48. The molecule has 0 saturated heterocycles. The summed E-state index contributed by atoms with van der Waals surface area (Å²) in [6, 6.07) is 5.70. The van der Waals surface area contributed by atoms with E-state index in [-0.39, 0.29) is 13.8 Å². The zero-order chi connectivity index (χ0) is 12.3. The van der Waals surface area contributed by atoms with Gasteiger partial charge in [0.25, 0.3) is 0 Å². The highest BCUT2D eigenvalue weighted by Crippen LogP contribution is 2.32. The van der Waals surface area contributed by atoms with Crippen LogP contribution in [-0.2, 0) is 0 Å². The van der Waals surface area contributed by atoms with Gasteiger partial charge in [-0.2, -0.15) is 0 Å². The van der Waals surface area contributed by atoms with Gasteiger partial charge in [-0.25, -0.2) is 0 Å². The van der Waals surface area contributed by atoms with Crippen molar-refractivity contribution in [2.45, 2.75) is 32.0 Å². The van der Waals surface area contributed by atoms with Crippen molar-refractivity contribution in [2.75, 3.05) is 6.61 Å². The zero-order valence-electron chi connectivity index (χ0n) is 10.1. The Morgan fingerprint density at radius 3 is 2.50 bits per heavy atom. The van der Waals surface area contributed by atoms with E-state index in [1.807, 2.05) is 18.2 Å². The molecule has 0 atom stereocenters. The number of rotatable bonds is 4. The molecule has 0 saturated carbocycles. The maximum Gasteiger partial charge on any atom is 0.137 e. The van der Waals surface area contributed by atoms with Crippen LogP contribution in [0.3, 0.4) is 0 Å². The molecule has 0 amide bonds. The molecule has 1 rings (SSSR count). The van der Waals surface area contributed by atoms with Crippen LogP contribution in [0.15, 0.2) is 22.7 Å². The molecule has 0 N–H and O–H groups in total. The third kappa shape index (κ3) is 3.79. The lowest BCUT2D eigenvalue weighted by Gasteiger charge is -2.28. The quantitative estimate of drug-likeness (QED) is 0.708. The second-order valence-electron chi connectivity index (χ2n) is 4.75. The van der Waals surface area contributed by atoms with Gasteiger partial charge in [0.1, 0.15) is 5.75 Å². The van der Waals surface area contributed by atoms with Gasteiger partial charge < -0.3 is 4.74 Å². The van der Waals surface area contributed by atoms with E-state index in [2.05, 4.69) is 42.9 Å². The van der Waals surface area contributed by atoms with Crippen molar-refractivity contribution in [1.29, 1.82) is 0 Å². The fraction of sp³-hybridized carbons (Fsp3) is 0.500. The summed E-state index contributed by atoms with van der Waals surface area (Å²) in [5.74, 6) is 0.765. The summed E-state index contributed by atoms with van der Waals surface area (Å²) in [6.45, 7) is 9.81. The first-order chi connectivity index (χ1) is 7.33. The van der Waals surface area contributed by atoms with Crippen molar-refractivity contribution in [3.63, 3.8) is 0 Å². The lowest BCUT2D eigenvalue weighted by Crippen LogP contribution is -2.27. The highest BCUT2D eigenvalue weighted by atomic mass is 79.9. The SMILES string of the molecule is C[Si](C)C(C)(C)COc1ccc(Br)cc1Cl. The van der Waals surface area contributed by atoms with Gasteiger partial charge in [-0.05, 0) is 23.2 Å². The van der Waals surface area contributed by atoms with Crippen molar-refractivity contribution in [3.8, 4) is 5.75 Å². The van der Waals surface area contributed by atoms with Gasteiger partial charge in [-0.3, -0.25) is 0 Å². The number of benzene rings is 1. The lowest BCUT2D eigenvalue weighted by atomic mass is 10.2. The van der Waals surface area contributed by atoms with Crippen LogP contribution in [0.5, 0.6) is 5.75 Å². The lowest BCUT2D eigenvalue weighted by molar-refractivity contribution is 0.276. The van der Waals surface area contributed by atoms with Crippen molar-refractivity contribution < 1.29 is 4.74 Å². The molecule has 0 aliphatic rings. The van der Waals surface area contributed by atoms with E-state index in [1.54, 1.807) is 0 Å². The molecule has 16 heavy (non-hydrogen) atoms. The normalized spacial score (nSPS) is 11.9. The molecule has 0 aliphatic heterocycles. The average Bonchev–Trinajstić information content (AvgIpc) is 2.16. The Balaban J connectivity index is 2.68. The molecule has 1 aromatic rings. The van der Waals surface area contributed by atoms with Gasteiger partial charge >= 0.3 is 0 Å². The summed E-state index contributed by atoms with van der Waals surface area (Å²) >= 11 is 9.47. The van der Waals surface area contributed by atoms with Gasteiger partial charge in [0, 0.05) is 4.47 Å². The van der Waals surface area contributed by atoms with Crippen molar-refractivity contribution in [1.82, 2.24) is 0 Å². The average molecular weight is 321 g/mol. The molecular formula is C12H17BrClOSi. The minimum atomic E-state index is -0.378. The highest BCUT2D eigenvalue weighted by molar-refractivity contribution is 9.10. The Morgan fingerprint density at radius 2 is 2.00 bits per heavy atom.